The van der Waals surface area contributed by atoms with Gasteiger partial charge in [0, 0.05) is 18.7 Å². The molecule has 1 aromatic heterocycles. The zero-order valence-corrected chi connectivity index (χ0v) is 16.6. The minimum Gasteiger partial charge on any atom is -0.494 e. The van der Waals surface area contributed by atoms with E-state index in [4.69, 9.17) is 9.47 Å². The topological polar surface area (TPSA) is 129 Å². The van der Waals surface area contributed by atoms with E-state index in [2.05, 4.69) is 4.98 Å². The fourth-order valence-electron chi connectivity index (χ4n) is 2.39. The summed E-state index contributed by atoms with van der Waals surface area (Å²) in [5, 5.41) is -1.63. The summed E-state index contributed by atoms with van der Waals surface area (Å²) in [5.74, 6) is -1.19. The van der Waals surface area contributed by atoms with Crippen LogP contribution in [0.4, 0.5) is 0 Å². The van der Waals surface area contributed by atoms with Gasteiger partial charge in [-0.2, -0.15) is 0 Å². The maximum atomic E-state index is 12.7. The van der Waals surface area contributed by atoms with Gasteiger partial charge in [0.2, 0.25) is 10.0 Å². The lowest BCUT2D eigenvalue weighted by Crippen LogP contribution is -2.35. The highest BCUT2D eigenvalue weighted by atomic mass is 32.2. The van der Waals surface area contributed by atoms with Crippen LogP contribution in [0.3, 0.4) is 0 Å². The Morgan fingerprint density at radius 1 is 1.21 bits per heavy atom. The average Bonchev–Trinajstić information content (AvgIpc) is 2.68. The third-order valence-corrected chi connectivity index (χ3v) is 5.23. The van der Waals surface area contributed by atoms with Gasteiger partial charge in [-0.15, -0.1) is 0 Å². The zero-order valence-electron chi connectivity index (χ0n) is 15.8. The molecule has 2 aromatic rings. The summed E-state index contributed by atoms with van der Waals surface area (Å²) in [7, 11) is -4.39. The number of nitrogens with zero attached hydrogens (tertiary/aromatic N) is 1. The van der Waals surface area contributed by atoms with Crippen molar-refractivity contribution in [3.05, 3.63) is 59.4 Å². The number of esters is 1. The Kier molecular flexibility index (Phi) is 7.43. The quantitative estimate of drug-likeness (QED) is 0.478. The lowest BCUT2D eigenvalue weighted by molar-refractivity contribution is -0.142. The van der Waals surface area contributed by atoms with E-state index in [0.29, 0.717) is 5.69 Å². The first-order chi connectivity index (χ1) is 13.8. The molecule has 0 bridgehead atoms. The highest BCUT2D eigenvalue weighted by Crippen LogP contribution is 2.29. The minimum atomic E-state index is -4.39. The van der Waals surface area contributed by atoms with Crippen LogP contribution < -0.4 is 9.46 Å². The number of hydrogen-bond donors (Lipinski definition) is 1. The summed E-state index contributed by atoms with van der Waals surface area (Å²) < 4.78 is 37.3. The van der Waals surface area contributed by atoms with Gasteiger partial charge in [-0.05, 0) is 25.1 Å². The summed E-state index contributed by atoms with van der Waals surface area (Å²) in [5.41, 5.74) is 0.471. The second-order valence-corrected chi connectivity index (χ2v) is 7.62. The molecule has 1 N–H and O–H groups in total. The van der Waals surface area contributed by atoms with Gasteiger partial charge >= 0.3 is 5.97 Å². The molecule has 0 spiro atoms. The van der Waals surface area contributed by atoms with E-state index in [-0.39, 0.29) is 36.4 Å². The van der Waals surface area contributed by atoms with Gasteiger partial charge in [0.15, 0.2) is 5.25 Å². The second kappa shape index (κ2) is 9.78. The molecule has 0 saturated carbocycles. The van der Waals surface area contributed by atoms with Crippen molar-refractivity contribution in [3.8, 4) is 5.75 Å². The van der Waals surface area contributed by atoms with E-state index in [9.17, 15) is 22.8 Å². The van der Waals surface area contributed by atoms with Gasteiger partial charge in [-0.1, -0.05) is 18.2 Å². The van der Waals surface area contributed by atoms with Crippen molar-refractivity contribution in [2.24, 2.45) is 0 Å². The Balaban J connectivity index is 2.19. The number of sulfonamides is 1. The van der Waals surface area contributed by atoms with Gasteiger partial charge < -0.3 is 14.3 Å². The number of benzene rings is 1. The summed E-state index contributed by atoms with van der Waals surface area (Å²) in [6.07, 6.45) is 1.38. The number of nitrogens with one attached hydrogen (secondary N) is 1. The van der Waals surface area contributed by atoms with E-state index in [0.717, 1.165) is 6.20 Å². The predicted molar refractivity (Wildman–Crippen MR) is 103 cm³/mol. The maximum absolute atomic E-state index is 12.7. The van der Waals surface area contributed by atoms with Gasteiger partial charge in [0.05, 0.1) is 17.9 Å². The standard InChI is InChI=1S/C19H20N2O7S/c1-3-27-17-7-5-4-6-16(17)18(11-22)29(25,26)21-19(24)14-8-9-15(20-10-14)12-28-13(2)23/h4-11,18H,3,12H2,1-2H3,(H,21,24). The summed E-state index contributed by atoms with van der Waals surface area (Å²) in [4.78, 5) is 38.6. The molecule has 0 aliphatic rings. The number of carbonyl (C=O) groups excluding carboxylic acids is 3. The second-order valence-electron chi connectivity index (χ2n) is 5.82. The Bertz CT molecular complexity index is 988. The van der Waals surface area contributed by atoms with E-state index in [1.165, 1.54) is 25.1 Å². The van der Waals surface area contributed by atoms with E-state index in [1.807, 2.05) is 4.72 Å². The SMILES string of the molecule is CCOc1ccccc1C(C=O)S(=O)(=O)NC(=O)c1ccc(COC(C)=O)nc1. The zero-order chi connectivity index (χ0) is 21.4. The summed E-state index contributed by atoms with van der Waals surface area (Å²) >= 11 is 0. The smallest absolute Gasteiger partial charge is 0.303 e. The Labute approximate surface area is 168 Å². The van der Waals surface area contributed by atoms with Crippen molar-refractivity contribution < 1.29 is 32.3 Å². The molecule has 10 heteroatoms. The van der Waals surface area contributed by atoms with Crippen molar-refractivity contribution >= 4 is 28.2 Å². The van der Waals surface area contributed by atoms with Crippen LogP contribution in [-0.2, 0) is 31.0 Å². The van der Waals surface area contributed by atoms with Crippen molar-refractivity contribution in [3.63, 3.8) is 0 Å². The number of ether oxygens (including phenoxy) is 2. The Morgan fingerprint density at radius 3 is 2.52 bits per heavy atom. The van der Waals surface area contributed by atoms with Crippen LogP contribution in [0.1, 0.15) is 40.7 Å². The molecular weight excluding hydrogens is 400 g/mol. The number of hydrogen-bond acceptors (Lipinski definition) is 8. The fourth-order valence-corrected chi connectivity index (χ4v) is 3.57. The highest BCUT2D eigenvalue weighted by molar-refractivity contribution is 7.91. The van der Waals surface area contributed by atoms with Gasteiger partial charge in [-0.3, -0.25) is 14.6 Å². The molecule has 1 atom stereocenters. The largest absolute Gasteiger partial charge is 0.494 e. The molecule has 0 aliphatic carbocycles. The molecule has 29 heavy (non-hydrogen) atoms. The van der Waals surface area contributed by atoms with Crippen LogP contribution in [-0.4, -0.2) is 38.2 Å². The van der Waals surface area contributed by atoms with Crippen LogP contribution in [0, 0.1) is 0 Å². The molecule has 1 heterocycles. The molecule has 2 rings (SSSR count). The van der Waals surface area contributed by atoms with Crippen LogP contribution in [0.5, 0.6) is 5.75 Å². The molecule has 0 saturated heterocycles. The third kappa shape index (κ3) is 5.85. The maximum Gasteiger partial charge on any atom is 0.303 e. The highest BCUT2D eigenvalue weighted by Gasteiger charge is 2.31. The molecule has 0 aliphatic heterocycles. The molecule has 0 fully saturated rings. The van der Waals surface area contributed by atoms with Crippen LogP contribution in [0.25, 0.3) is 0 Å². The molecule has 1 unspecified atom stereocenters. The van der Waals surface area contributed by atoms with Gasteiger partial charge in [0.1, 0.15) is 18.6 Å². The number of carbonyl (C=O) groups is 3. The first-order valence-electron chi connectivity index (χ1n) is 8.59. The Morgan fingerprint density at radius 2 is 1.93 bits per heavy atom. The van der Waals surface area contributed by atoms with Crippen LogP contribution >= 0.6 is 0 Å². The van der Waals surface area contributed by atoms with E-state index >= 15 is 0 Å². The Hall–Kier alpha value is -3.27. The van der Waals surface area contributed by atoms with Crippen LogP contribution in [0.15, 0.2) is 42.6 Å². The number of para-hydroxylation sites is 1. The summed E-state index contributed by atoms with van der Waals surface area (Å²) in [6.45, 7) is 3.18. The van der Waals surface area contributed by atoms with Crippen LogP contribution in [0.2, 0.25) is 0 Å². The van der Waals surface area contributed by atoms with Crippen molar-refractivity contribution in [2.45, 2.75) is 25.7 Å². The van der Waals surface area contributed by atoms with Crippen molar-refractivity contribution in [1.82, 2.24) is 9.71 Å². The normalized spacial score (nSPS) is 11.9. The molecule has 1 amide bonds. The molecule has 0 radical (unpaired) electrons. The third-order valence-electron chi connectivity index (χ3n) is 3.73. The number of aromatic nitrogens is 1. The van der Waals surface area contributed by atoms with Gasteiger partial charge in [0.25, 0.3) is 5.91 Å². The first-order valence-corrected chi connectivity index (χ1v) is 10.1. The number of rotatable bonds is 9. The fraction of sp³-hybridized carbons (Fsp3) is 0.263. The lowest BCUT2D eigenvalue weighted by Gasteiger charge is -2.16. The lowest BCUT2D eigenvalue weighted by atomic mass is 10.1. The van der Waals surface area contributed by atoms with E-state index < -0.39 is 27.1 Å². The average molecular weight is 420 g/mol. The van der Waals surface area contributed by atoms with Gasteiger partial charge in [-0.25, -0.2) is 13.1 Å². The predicted octanol–water partition coefficient (Wildman–Crippen LogP) is 1.54. The van der Waals surface area contributed by atoms with Crippen molar-refractivity contribution in [1.29, 1.82) is 0 Å². The minimum absolute atomic E-state index is 0.0390. The van der Waals surface area contributed by atoms with Crippen molar-refractivity contribution in [2.75, 3.05) is 6.61 Å². The first kappa shape index (κ1) is 22.0. The molecule has 154 valence electrons. The molecule has 1 aromatic carbocycles. The monoisotopic (exact) mass is 420 g/mol. The number of pyridine rings is 1. The van der Waals surface area contributed by atoms with E-state index in [1.54, 1.807) is 25.1 Å². The molecular formula is C19H20N2O7S. The molecule has 9 nitrogen and oxygen atoms in total. The summed E-state index contributed by atoms with van der Waals surface area (Å²) in [6, 6.07) is 8.95. The number of amides is 1. The number of aldehydes is 1.